The van der Waals surface area contributed by atoms with E-state index in [1.54, 1.807) is 43.3 Å². The maximum absolute atomic E-state index is 11.3. The molecule has 0 unspecified atom stereocenters. The summed E-state index contributed by atoms with van der Waals surface area (Å²) in [5.41, 5.74) is 1.63. The van der Waals surface area contributed by atoms with E-state index in [0.717, 1.165) is 5.56 Å². The molecule has 0 aliphatic rings. The highest BCUT2D eigenvalue weighted by molar-refractivity contribution is 5.90. The lowest BCUT2D eigenvalue weighted by molar-refractivity contribution is -0.182. The van der Waals surface area contributed by atoms with Gasteiger partial charge in [0, 0.05) is 12.6 Å². The predicted octanol–water partition coefficient (Wildman–Crippen LogP) is 3.38. The van der Waals surface area contributed by atoms with Gasteiger partial charge < -0.3 is 10.1 Å². The highest BCUT2D eigenvalue weighted by atomic mass is 17.1. The van der Waals surface area contributed by atoms with Gasteiger partial charge in [0.15, 0.2) is 0 Å². The van der Waals surface area contributed by atoms with Gasteiger partial charge in [-0.1, -0.05) is 0 Å². The van der Waals surface area contributed by atoms with Gasteiger partial charge in [0.1, 0.15) is 11.5 Å². The lowest BCUT2D eigenvalue weighted by atomic mass is 10.1. The van der Waals surface area contributed by atoms with Crippen molar-refractivity contribution in [3.8, 4) is 11.5 Å². The molecular formula is C16H15NO5. The van der Waals surface area contributed by atoms with Crippen molar-refractivity contribution >= 4 is 17.6 Å². The minimum absolute atomic E-state index is 0.153. The Morgan fingerprint density at radius 2 is 1.73 bits per heavy atom. The zero-order chi connectivity index (χ0) is 16.1. The molecule has 2 aromatic rings. The average Bonchev–Trinajstić information content (AvgIpc) is 2.47. The first-order valence-corrected chi connectivity index (χ1v) is 6.51. The lowest BCUT2D eigenvalue weighted by Gasteiger charge is -2.09. The van der Waals surface area contributed by atoms with Crippen LogP contribution in [-0.2, 0) is 9.68 Å². The minimum Gasteiger partial charge on any atom is -0.457 e. The van der Waals surface area contributed by atoms with E-state index in [-0.39, 0.29) is 11.5 Å². The quantitative estimate of drug-likeness (QED) is 0.668. The molecule has 0 bridgehead atoms. The van der Waals surface area contributed by atoms with Crippen molar-refractivity contribution < 1.29 is 24.5 Å². The third-order valence-electron chi connectivity index (χ3n) is 2.78. The fourth-order valence-corrected chi connectivity index (χ4v) is 1.92. The number of aryl methyl sites for hydroxylation is 1. The zero-order valence-corrected chi connectivity index (χ0v) is 12.1. The summed E-state index contributed by atoms with van der Waals surface area (Å²) in [5.74, 6) is -0.0234. The van der Waals surface area contributed by atoms with E-state index < -0.39 is 5.97 Å². The van der Waals surface area contributed by atoms with E-state index in [0.29, 0.717) is 17.2 Å². The monoisotopic (exact) mass is 301 g/mol. The van der Waals surface area contributed by atoms with Crippen molar-refractivity contribution in [1.82, 2.24) is 0 Å². The summed E-state index contributed by atoms with van der Waals surface area (Å²) in [7, 11) is 0. The Morgan fingerprint density at radius 1 is 1.05 bits per heavy atom. The second-order valence-corrected chi connectivity index (χ2v) is 4.72. The first-order valence-electron chi connectivity index (χ1n) is 6.51. The van der Waals surface area contributed by atoms with Gasteiger partial charge in [0.25, 0.3) is 0 Å². The highest BCUT2D eigenvalue weighted by Gasteiger charge is 2.10. The number of anilines is 1. The Hall–Kier alpha value is -2.86. The highest BCUT2D eigenvalue weighted by Crippen LogP contribution is 2.25. The van der Waals surface area contributed by atoms with Crippen LogP contribution in [0.4, 0.5) is 5.69 Å². The first kappa shape index (κ1) is 15.5. The molecule has 2 rings (SSSR count). The molecule has 0 aliphatic heterocycles. The van der Waals surface area contributed by atoms with E-state index in [2.05, 4.69) is 10.2 Å². The Balaban J connectivity index is 2.18. The lowest BCUT2D eigenvalue weighted by Crippen LogP contribution is -2.05. The van der Waals surface area contributed by atoms with Crippen molar-refractivity contribution in [2.45, 2.75) is 13.8 Å². The molecule has 6 nitrogen and oxygen atoms in total. The third-order valence-corrected chi connectivity index (χ3v) is 2.78. The molecular weight excluding hydrogens is 286 g/mol. The van der Waals surface area contributed by atoms with Gasteiger partial charge in [-0.25, -0.2) is 4.79 Å². The van der Waals surface area contributed by atoms with E-state index >= 15 is 0 Å². The summed E-state index contributed by atoms with van der Waals surface area (Å²) in [6, 6.07) is 11.6. The minimum atomic E-state index is -0.852. The number of hydrogen-bond acceptors (Lipinski definition) is 5. The molecule has 0 spiro atoms. The molecule has 2 aromatic carbocycles. The van der Waals surface area contributed by atoms with E-state index in [1.165, 1.54) is 13.0 Å². The fraction of sp³-hybridized carbons (Fsp3) is 0.125. The average molecular weight is 301 g/mol. The van der Waals surface area contributed by atoms with Crippen molar-refractivity contribution in [2.24, 2.45) is 0 Å². The van der Waals surface area contributed by atoms with Crippen LogP contribution >= 0.6 is 0 Å². The summed E-state index contributed by atoms with van der Waals surface area (Å²) >= 11 is 0. The number of hydrogen-bond donors (Lipinski definition) is 2. The van der Waals surface area contributed by atoms with Crippen LogP contribution in [0.15, 0.2) is 42.5 Å². The predicted molar refractivity (Wildman–Crippen MR) is 80.0 cm³/mol. The second kappa shape index (κ2) is 6.73. The van der Waals surface area contributed by atoms with Crippen molar-refractivity contribution in [2.75, 3.05) is 5.32 Å². The van der Waals surface area contributed by atoms with E-state index in [4.69, 9.17) is 9.99 Å². The van der Waals surface area contributed by atoms with Crippen LogP contribution in [-0.4, -0.2) is 17.1 Å². The number of benzene rings is 2. The van der Waals surface area contributed by atoms with Gasteiger partial charge in [-0.2, -0.15) is 5.26 Å². The standard InChI is InChI=1S/C16H15NO5/c1-10-7-12(16(19)22-20)9-15(8-10)21-14-5-3-13(4-6-14)17-11(2)18/h3-9,20H,1-2H3,(H,17,18). The molecule has 114 valence electrons. The molecule has 0 saturated heterocycles. The number of nitrogens with one attached hydrogen (secondary N) is 1. The summed E-state index contributed by atoms with van der Waals surface area (Å²) in [5, 5.41) is 11.1. The normalized spacial score (nSPS) is 9.95. The molecule has 0 saturated carbocycles. The maximum Gasteiger partial charge on any atom is 0.372 e. The molecule has 0 aliphatic carbocycles. The van der Waals surface area contributed by atoms with Crippen LogP contribution in [0, 0.1) is 6.92 Å². The zero-order valence-electron chi connectivity index (χ0n) is 12.1. The smallest absolute Gasteiger partial charge is 0.372 e. The van der Waals surface area contributed by atoms with Gasteiger partial charge in [-0.05, 0) is 55.0 Å². The second-order valence-electron chi connectivity index (χ2n) is 4.72. The van der Waals surface area contributed by atoms with Crippen LogP contribution in [0.1, 0.15) is 22.8 Å². The number of amides is 1. The topological polar surface area (TPSA) is 84.9 Å². The van der Waals surface area contributed by atoms with Gasteiger partial charge in [-0.3, -0.25) is 9.68 Å². The summed E-state index contributed by atoms with van der Waals surface area (Å²) in [4.78, 5) is 26.0. The van der Waals surface area contributed by atoms with E-state index in [9.17, 15) is 9.59 Å². The van der Waals surface area contributed by atoms with Crippen molar-refractivity contribution in [3.63, 3.8) is 0 Å². The van der Waals surface area contributed by atoms with Gasteiger partial charge >= 0.3 is 5.97 Å². The fourth-order valence-electron chi connectivity index (χ4n) is 1.92. The Kier molecular flexibility index (Phi) is 4.75. The molecule has 0 radical (unpaired) electrons. The number of rotatable bonds is 4. The van der Waals surface area contributed by atoms with Crippen molar-refractivity contribution in [3.05, 3.63) is 53.6 Å². The summed E-state index contributed by atoms with van der Waals surface area (Å²) < 4.78 is 5.65. The molecule has 0 atom stereocenters. The van der Waals surface area contributed by atoms with Gasteiger partial charge in [0.2, 0.25) is 5.91 Å². The molecule has 0 aromatic heterocycles. The Bertz CT molecular complexity index is 694. The van der Waals surface area contributed by atoms with Crippen LogP contribution in [0.25, 0.3) is 0 Å². The number of carbonyl (C=O) groups excluding carboxylic acids is 2. The summed E-state index contributed by atoms with van der Waals surface area (Å²) in [6.07, 6.45) is 0. The first-order chi connectivity index (χ1) is 10.5. The SMILES string of the molecule is CC(=O)Nc1ccc(Oc2cc(C)cc(C(=O)OO)c2)cc1. The molecule has 0 fully saturated rings. The molecule has 6 heteroatoms. The number of carbonyl (C=O) groups is 2. The Labute approximate surface area is 127 Å². The summed E-state index contributed by atoms with van der Waals surface area (Å²) in [6.45, 7) is 3.22. The van der Waals surface area contributed by atoms with Gasteiger partial charge in [-0.15, -0.1) is 0 Å². The molecule has 2 N–H and O–H groups in total. The van der Waals surface area contributed by atoms with Crippen LogP contribution in [0.3, 0.4) is 0 Å². The number of ether oxygens (including phenoxy) is 1. The third kappa shape index (κ3) is 4.07. The van der Waals surface area contributed by atoms with Gasteiger partial charge in [0.05, 0.1) is 5.56 Å². The molecule has 0 heterocycles. The van der Waals surface area contributed by atoms with Crippen molar-refractivity contribution in [1.29, 1.82) is 0 Å². The van der Waals surface area contributed by atoms with Crippen LogP contribution in [0.5, 0.6) is 11.5 Å². The largest absolute Gasteiger partial charge is 0.457 e. The van der Waals surface area contributed by atoms with E-state index in [1.807, 2.05) is 0 Å². The molecule has 1 amide bonds. The molecule has 22 heavy (non-hydrogen) atoms. The van der Waals surface area contributed by atoms with Crippen LogP contribution < -0.4 is 10.1 Å². The maximum atomic E-state index is 11.3. The van der Waals surface area contributed by atoms with Crippen LogP contribution in [0.2, 0.25) is 0 Å². The Morgan fingerprint density at radius 3 is 2.32 bits per heavy atom.